The second-order valence-electron chi connectivity index (χ2n) is 3.85. The molecular formula is C13H14N2O2. The molecule has 1 atom stereocenters. The van der Waals surface area contributed by atoms with Gasteiger partial charge < -0.3 is 4.52 Å². The molecule has 0 saturated heterocycles. The Kier molecular flexibility index (Phi) is 3.32. The third-order valence-electron chi connectivity index (χ3n) is 2.62. The summed E-state index contributed by atoms with van der Waals surface area (Å²) in [5, 5.41) is 3.79. The highest BCUT2D eigenvalue weighted by atomic mass is 16.5. The Hall–Kier alpha value is -1.97. The van der Waals surface area contributed by atoms with Crippen LogP contribution in [0.2, 0.25) is 0 Å². The van der Waals surface area contributed by atoms with Gasteiger partial charge in [0.1, 0.15) is 0 Å². The van der Waals surface area contributed by atoms with Gasteiger partial charge in [0.15, 0.2) is 11.6 Å². The molecule has 1 unspecified atom stereocenters. The molecule has 4 nitrogen and oxygen atoms in total. The van der Waals surface area contributed by atoms with Crippen molar-refractivity contribution in [3.8, 4) is 0 Å². The molecule has 0 radical (unpaired) electrons. The van der Waals surface area contributed by atoms with Gasteiger partial charge in [0.2, 0.25) is 5.89 Å². The number of carbonyl (C=O) groups is 1. The lowest BCUT2D eigenvalue weighted by Gasteiger charge is -2.04. The number of nitrogens with zero attached hydrogens (tertiary/aromatic N) is 2. The number of hydrogen-bond donors (Lipinski definition) is 0. The first-order valence-corrected chi connectivity index (χ1v) is 5.64. The number of benzene rings is 1. The summed E-state index contributed by atoms with van der Waals surface area (Å²) in [6, 6.07) is 9.13. The molecule has 0 aliphatic heterocycles. The van der Waals surface area contributed by atoms with Gasteiger partial charge >= 0.3 is 0 Å². The summed E-state index contributed by atoms with van der Waals surface area (Å²) in [4.78, 5) is 16.3. The van der Waals surface area contributed by atoms with Crippen molar-refractivity contribution in [3.63, 3.8) is 0 Å². The molecule has 0 saturated carbocycles. The maximum atomic E-state index is 12.1. The number of rotatable bonds is 4. The van der Waals surface area contributed by atoms with Gasteiger partial charge in [-0.25, -0.2) is 0 Å². The first kappa shape index (κ1) is 11.5. The lowest BCUT2D eigenvalue weighted by atomic mass is 9.99. The van der Waals surface area contributed by atoms with Crippen molar-refractivity contribution in [1.29, 1.82) is 0 Å². The van der Waals surface area contributed by atoms with E-state index in [2.05, 4.69) is 10.1 Å². The second kappa shape index (κ2) is 4.91. The van der Waals surface area contributed by atoms with E-state index in [1.165, 1.54) is 0 Å². The van der Waals surface area contributed by atoms with Crippen LogP contribution >= 0.6 is 0 Å². The van der Waals surface area contributed by atoms with Gasteiger partial charge in [-0.1, -0.05) is 42.4 Å². The van der Waals surface area contributed by atoms with Crippen molar-refractivity contribution in [3.05, 3.63) is 47.6 Å². The molecule has 2 rings (SSSR count). The molecule has 17 heavy (non-hydrogen) atoms. The number of aryl methyl sites for hydroxylation is 1. The van der Waals surface area contributed by atoms with Crippen LogP contribution in [0.25, 0.3) is 0 Å². The van der Waals surface area contributed by atoms with Crippen molar-refractivity contribution < 1.29 is 9.32 Å². The Bertz CT molecular complexity index is 505. The van der Waals surface area contributed by atoms with E-state index in [1.807, 2.05) is 25.1 Å². The van der Waals surface area contributed by atoms with Gasteiger partial charge in [-0.3, -0.25) is 4.79 Å². The quantitative estimate of drug-likeness (QED) is 0.757. The average molecular weight is 230 g/mol. The molecule has 1 aromatic heterocycles. The monoisotopic (exact) mass is 230 g/mol. The second-order valence-corrected chi connectivity index (χ2v) is 3.85. The molecule has 0 amide bonds. The smallest absolute Gasteiger partial charge is 0.237 e. The van der Waals surface area contributed by atoms with Crippen molar-refractivity contribution in [2.24, 2.45) is 0 Å². The molecule has 4 heteroatoms. The highest BCUT2D eigenvalue weighted by Gasteiger charge is 2.22. The number of ketones is 1. The van der Waals surface area contributed by atoms with Crippen LogP contribution in [-0.2, 0) is 6.42 Å². The van der Waals surface area contributed by atoms with Crippen LogP contribution in [-0.4, -0.2) is 15.9 Å². The third kappa shape index (κ3) is 2.41. The van der Waals surface area contributed by atoms with Gasteiger partial charge in [-0.15, -0.1) is 0 Å². The van der Waals surface area contributed by atoms with Gasteiger partial charge in [0.05, 0.1) is 5.92 Å². The molecule has 0 N–H and O–H groups in total. The minimum absolute atomic E-state index is 0.00287. The lowest BCUT2D eigenvalue weighted by Crippen LogP contribution is -2.09. The molecule has 1 aromatic carbocycles. The van der Waals surface area contributed by atoms with E-state index in [9.17, 15) is 4.79 Å². The summed E-state index contributed by atoms with van der Waals surface area (Å²) < 4.78 is 5.08. The minimum Gasteiger partial charge on any atom is -0.339 e. The largest absolute Gasteiger partial charge is 0.339 e. The molecule has 0 fully saturated rings. The molecule has 0 spiro atoms. The van der Waals surface area contributed by atoms with Crippen molar-refractivity contribution in [2.75, 3.05) is 0 Å². The summed E-state index contributed by atoms with van der Waals surface area (Å²) in [5.41, 5.74) is 0.663. The number of aromatic nitrogens is 2. The van der Waals surface area contributed by atoms with Crippen molar-refractivity contribution >= 4 is 5.78 Å². The third-order valence-corrected chi connectivity index (χ3v) is 2.62. The van der Waals surface area contributed by atoms with Crippen LogP contribution < -0.4 is 0 Å². The normalized spacial score (nSPS) is 12.4. The van der Waals surface area contributed by atoms with Gasteiger partial charge in [-0.2, -0.15) is 4.98 Å². The maximum absolute atomic E-state index is 12.1. The minimum atomic E-state index is -0.398. The summed E-state index contributed by atoms with van der Waals surface area (Å²) in [6.07, 6.45) is 0.704. The first-order valence-electron chi connectivity index (χ1n) is 5.64. The van der Waals surface area contributed by atoms with Crippen LogP contribution in [0.4, 0.5) is 0 Å². The van der Waals surface area contributed by atoms with E-state index in [4.69, 9.17) is 4.52 Å². The zero-order chi connectivity index (χ0) is 12.3. The van der Waals surface area contributed by atoms with Crippen LogP contribution in [0.3, 0.4) is 0 Å². The van der Waals surface area contributed by atoms with E-state index in [0.717, 1.165) is 0 Å². The van der Waals surface area contributed by atoms with Gasteiger partial charge in [0, 0.05) is 12.0 Å². The predicted octanol–water partition coefficient (Wildman–Crippen LogP) is 2.62. The highest BCUT2D eigenvalue weighted by molar-refractivity contribution is 6.00. The van der Waals surface area contributed by atoms with Gasteiger partial charge in [0.25, 0.3) is 0 Å². The van der Waals surface area contributed by atoms with E-state index >= 15 is 0 Å². The standard InChI is InChI=1S/C13H14N2O2/c1-3-11-14-13(17-15-11)9(2)12(16)10-7-5-4-6-8-10/h4-9H,3H2,1-2H3. The van der Waals surface area contributed by atoms with Crippen LogP contribution in [0.1, 0.15) is 41.8 Å². The molecule has 88 valence electrons. The summed E-state index contributed by atoms with van der Waals surface area (Å²) in [6.45, 7) is 3.72. The van der Waals surface area contributed by atoms with Crippen LogP contribution in [0.5, 0.6) is 0 Å². The molecule has 2 aromatic rings. The highest BCUT2D eigenvalue weighted by Crippen LogP contribution is 2.18. The van der Waals surface area contributed by atoms with E-state index in [-0.39, 0.29) is 5.78 Å². The van der Waals surface area contributed by atoms with Crippen LogP contribution in [0, 0.1) is 0 Å². The zero-order valence-electron chi connectivity index (χ0n) is 9.88. The summed E-state index contributed by atoms with van der Waals surface area (Å²) >= 11 is 0. The molecule has 1 heterocycles. The average Bonchev–Trinajstić information content (AvgIpc) is 2.87. The fraction of sp³-hybridized carbons (Fsp3) is 0.308. The van der Waals surface area contributed by atoms with Crippen LogP contribution in [0.15, 0.2) is 34.9 Å². The van der Waals surface area contributed by atoms with E-state index in [0.29, 0.717) is 23.7 Å². The topological polar surface area (TPSA) is 56.0 Å². The maximum Gasteiger partial charge on any atom is 0.237 e. The van der Waals surface area contributed by atoms with E-state index < -0.39 is 5.92 Å². The molecule has 0 aliphatic carbocycles. The SMILES string of the molecule is CCc1noc(C(C)C(=O)c2ccccc2)n1. The molecule has 0 bridgehead atoms. The number of hydrogen-bond acceptors (Lipinski definition) is 4. The summed E-state index contributed by atoms with van der Waals surface area (Å²) in [7, 11) is 0. The Morgan fingerprint density at radius 1 is 1.35 bits per heavy atom. The fourth-order valence-corrected chi connectivity index (χ4v) is 1.55. The van der Waals surface area contributed by atoms with Crippen molar-refractivity contribution in [2.45, 2.75) is 26.2 Å². The van der Waals surface area contributed by atoms with Crippen molar-refractivity contribution in [1.82, 2.24) is 10.1 Å². The molecular weight excluding hydrogens is 216 g/mol. The number of carbonyl (C=O) groups excluding carboxylic acids is 1. The first-order chi connectivity index (χ1) is 8.22. The Morgan fingerprint density at radius 2 is 2.06 bits per heavy atom. The van der Waals surface area contributed by atoms with Gasteiger partial charge in [-0.05, 0) is 6.92 Å². The Balaban J connectivity index is 2.20. The Labute approximate surface area is 99.7 Å². The predicted molar refractivity (Wildman–Crippen MR) is 62.9 cm³/mol. The molecule has 0 aliphatic rings. The lowest BCUT2D eigenvalue weighted by molar-refractivity contribution is 0.0951. The fourth-order valence-electron chi connectivity index (χ4n) is 1.55. The summed E-state index contributed by atoms with van der Waals surface area (Å²) in [5.74, 6) is 0.616. The number of Topliss-reactive ketones (excluding diaryl/α,β-unsaturated/α-hetero) is 1. The Morgan fingerprint density at radius 3 is 2.65 bits per heavy atom. The van der Waals surface area contributed by atoms with E-state index in [1.54, 1.807) is 19.1 Å². The zero-order valence-corrected chi connectivity index (χ0v) is 9.88.